The van der Waals surface area contributed by atoms with Gasteiger partial charge in [-0.05, 0) is 37.5 Å². The molecule has 3 atom stereocenters. The highest BCUT2D eigenvalue weighted by molar-refractivity contribution is 7.89. The number of hydrogen-bond donors (Lipinski definition) is 3. The number of alkyl halides is 1. The Bertz CT molecular complexity index is 737. The van der Waals surface area contributed by atoms with Gasteiger partial charge in [0.25, 0.3) is 5.91 Å². The van der Waals surface area contributed by atoms with Crippen LogP contribution in [0.2, 0.25) is 0 Å². The molecule has 1 aromatic carbocycles. The van der Waals surface area contributed by atoms with Gasteiger partial charge >= 0.3 is 0 Å². The number of amides is 1. The fraction of sp³-hybridized carbons (Fsp3) is 0.588. The van der Waals surface area contributed by atoms with E-state index in [4.69, 9.17) is 4.74 Å². The van der Waals surface area contributed by atoms with Gasteiger partial charge < -0.3 is 15.4 Å². The monoisotopic (exact) mass is 385 g/mol. The highest BCUT2D eigenvalue weighted by atomic mass is 32.2. The van der Waals surface area contributed by atoms with E-state index in [1.165, 1.54) is 18.2 Å². The second-order valence-corrected chi connectivity index (χ2v) is 8.43. The standard InChI is InChI=1S/C17H24FN3O4S/c18-13-8-14(19-9-13)10-20-17(22)12-3-1-5-16(7-12)26(23,24)21-11-15-4-2-6-25-15/h1,3,5,7,13-15,19,21H,2,4,6,8-11H2,(H,20,22)/t13-,14-,15-/m0/s1. The molecule has 2 aliphatic heterocycles. The molecule has 1 aromatic rings. The third-order valence-corrected chi connectivity index (χ3v) is 6.03. The lowest BCUT2D eigenvalue weighted by Crippen LogP contribution is -2.37. The van der Waals surface area contributed by atoms with E-state index >= 15 is 0 Å². The van der Waals surface area contributed by atoms with Crippen molar-refractivity contribution in [3.63, 3.8) is 0 Å². The molecule has 2 heterocycles. The summed E-state index contributed by atoms with van der Waals surface area (Å²) >= 11 is 0. The van der Waals surface area contributed by atoms with Crippen LogP contribution >= 0.6 is 0 Å². The molecule has 0 spiro atoms. The minimum absolute atomic E-state index is 0.0333. The van der Waals surface area contributed by atoms with Gasteiger partial charge in [-0.3, -0.25) is 4.79 Å². The maximum absolute atomic E-state index is 13.1. The van der Waals surface area contributed by atoms with Crippen molar-refractivity contribution in [3.05, 3.63) is 29.8 Å². The number of ether oxygens (including phenoxy) is 1. The zero-order valence-corrected chi connectivity index (χ0v) is 15.2. The summed E-state index contributed by atoms with van der Waals surface area (Å²) in [7, 11) is -3.71. The molecular formula is C17H24FN3O4S. The quantitative estimate of drug-likeness (QED) is 0.638. The molecule has 2 aliphatic rings. The fourth-order valence-corrected chi connectivity index (χ4v) is 4.25. The van der Waals surface area contributed by atoms with E-state index in [9.17, 15) is 17.6 Å². The molecule has 1 amide bonds. The normalized spacial score (nSPS) is 26.1. The lowest BCUT2D eigenvalue weighted by molar-refractivity contribution is 0.0949. The molecule has 0 radical (unpaired) electrons. The van der Waals surface area contributed by atoms with Crippen LogP contribution in [0.1, 0.15) is 29.6 Å². The molecule has 26 heavy (non-hydrogen) atoms. The van der Waals surface area contributed by atoms with Crippen molar-refractivity contribution in [2.45, 2.75) is 42.5 Å². The molecule has 0 saturated carbocycles. The summed E-state index contributed by atoms with van der Waals surface area (Å²) in [6, 6.07) is 5.76. The van der Waals surface area contributed by atoms with Gasteiger partial charge in [0.1, 0.15) is 6.17 Å². The predicted octanol–water partition coefficient (Wildman–Crippen LogP) is 0.574. The lowest BCUT2D eigenvalue weighted by atomic mass is 10.2. The summed E-state index contributed by atoms with van der Waals surface area (Å²) < 4.78 is 45.9. The van der Waals surface area contributed by atoms with Gasteiger partial charge in [-0.25, -0.2) is 17.5 Å². The second kappa shape index (κ2) is 8.43. The van der Waals surface area contributed by atoms with Gasteiger partial charge in [-0.2, -0.15) is 0 Å². The SMILES string of the molecule is O=C(NC[C@@H]1C[C@H](F)CN1)c1cccc(S(=O)(=O)NC[C@@H]2CCCO2)c1. The number of nitrogens with one attached hydrogen (secondary N) is 3. The lowest BCUT2D eigenvalue weighted by Gasteiger charge is -2.13. The maximum Gasteiger partial charge on any atom is 0.251 e. The van der Waals surface area contributed by atoms with Crippen molar-refractivity contribution in [1.29, 1.82) is 0 Å². The van der Waals surface area contributed by atoms with Gasteiger partial charge in [-0.15, -0.1) is 0 Å². The van der Waals surface area contributed by atoms with Crippen LogP contribution in [0.5, 0.6) is 0 Å². The van der Waals surface area contributed by atoms with Gasteiger partial charge in [-0.1, -0.05) is 6.07 Å². The Hall–Kier alpha value is -1.55. The molecule has 0 bridgehead atoms. The van der Waals surface area contributed by atoms with Crippen molar-refractivity contribution in [3.8, 4) is 0 Å². The van der Waals surface area contributed by atoms with E-state index < -0.39 is 16.2 Å². The van der Waals surface area contributed by atoms with Crippen LogP contribution in [-0.2, 0) is 14.8 Å². The number of rotatable bonds is 7. The van der Waals surface area contributed by atoms with Crippen molar-refractivity contribution in [2.24, 2.45) is 0 Å². The summed E-state index contributed by atoms with van der Waals surface area (Å²) in [5, 5.41) is 5.70. The largest absolute Gasteiger partial charge is 0.377 e. The van der Waals surface area contributed by atoms with E-state index in [1.807, 2.05) is 0 Å². The first-order valence-corrected chi connectivity index (χ1v) is 10.3. The summed E-state index contributed by atoms with van der Waals surface area (Å²) in [5.41, 5.74) is 0.250. The van der Waals surface area contributed by atoms with E-state index in [0.717, 1.165) is 12.8 Å². The molecule has 2 saturated heterocycles. The van der Waals surface area contributed by atoms with E-state index in [1.54, 1.807) is 6.07 Å². The Morgan fingerprint density at radius 3 is 2.88 bits per heavy atom. The van der Waals surface area contributed by atoms with Crippen LogP contribution < -0.4 is 15.4 Å². The summed E-state index contributed by atoms with van der Waals surface area (Å²) in [4.78, 5) is 12.3. The second-order valence-electron chi connectivity index (χ2n) is 6.66. The van der Waals surface area contributed by atoms with E-state index in [2.05, 4.69) is 15.4 Å². The smallest absolute Gasteiger partial charge is 0.251 e. The van der Waals surface area contributed by atoms with Crippen LogP contribution in [0.25, 0.3) is 0 Å². The predicted molar refractivity (Wildman–Crippen MR) is 94.2 cm³/mol. The first kappa shape index (κ1) is 19.2. The van der Waals surface area contributed by atoms with Gasteiger partial charge in [0.2, 0.25) is 10.0 Å². The van der Waals surface area contributed by atoms with Gasteiger partial charge in [0.15, 0.2) is 0 Å². The Kier molecular flexibility index (Phi) is 6.23. The third kappa shape index (κ3) is 5.00. The van der Waals surface area contributed by atoms with Gasteiger partial charge in [0.05, 0.1) is 11.0 Å². The summed E-state index contributed by atoms with van der Waals surface area (Å²) in [6.07, 6.45) is 1.14. The summed E-state index contributed by atoms with van der Waals surface area (Å²) in [5.74, 6) is -0.384. The molecule has 3 rings (SSSR count). The highest BCUT2D eigenvalue weighted by Gasteiger charge is 2.24. The molecule has 7 nitrogen and oxygen atoms in total. The number of hydrogen-bond acceptors (Lipinski definition) is 5. The number of sulfonamides is 1. The van der Waals surface area contributed by atoms with Crippen LogP contribution in [0.3, 0.4) is 0 Å². The van der Waals surface area contributed by atoms with Crippen LogP contribution in [0.4, 0.5) is 4.39 Å². The fourth-order valence-electron chi connectivity index (χ4n) is 3.14. The van der Waals surface area contributed by atoms with Crippen LogP contribution in [0, 0.1) is 0 Å². The summed E-state index contributed by atoms with van der Waals surface area (Å²) in [6.45, 7) is 1.47. The van der Waals surface area contributed by atoms with E-state index in [-0.39, 0.29) is 35.1 Å². The Morgan fingerprint density at radius 1 is 1.35 bits per heavy atom. The van der Waals surface area contributed by atoms with Crippen molar-refractivity contribution in [1.82, 2.24) is 15.4 Å². The number of carbonyl (C=O) groups is 1. The molecule has 0 aromatic heterocycles. The highest BCUT2D eigenvalue weighted by Crippen LogP contribution is 2.15. The maximum atomic E-state index is 13.1. The van der Waals surface area contributed by atoms with Crippen molar-refractivity contribution in [2.75, 3.05) is 26.2 Å². The van der Waals surface area contributed by atoms with Crippen molar-refractivity contribution < 1.29 is 22.3 Å². The minimum atomic E-state index is -3.71. The molecule has 9 heteroatoms. The zero-order valence-electron chi connectivity index (χ0n) is 14.4. The molecule has 144 valence electrons. The Labute approximate surface area is 152 Å². The zero-order chi connectivity index (χ0) is 18.6. The Balaban J connectivity index is 1.58. The van der Waals surface area contributed by atoms with Gasteiger partial charge in [0, 0.05) is 37.8 Å². The minimum Gasteiger partial charge on any atom is -0.377 e. The number of carbonyl (C=O) groups excluding carboxylic acids is 1. The van der Waals surface area contributed by atoms with Crippen LogP contribution in [0.15, 0.2) is 29.2 Å². The van der Waals surface area contributed by atoms with E-state index in [0.29, 0.717) is 26.1 Å². The topological polar surface area (TPSA) is 96.5 Å². The van der Waals surface area contributed by atoms with Crippen LogP contribution in [-0.4, -0.2) is 58.9 Å². The Morgan fingerprint density at radius 2 is 2.19 bits per heavy atom. The average Bonchev–Trinajstić information content (AvgIpc) is 3.29. The third-order valence-electron chi connectivity index (χ3n) is 4.61. The first-order valence-electron chi connectivity index (χ1n) is 8.81. The molecule has 2 fully saturated rings. The molecule has 0 aliphatic carbocycles. The molecule has 0 unspecified atom stereocenters. The molecular weight excluding hydrogens is 361 g/mol. The molecule has 3 N–H and O–H groups in total. The number of benzene rings is 1. The average molecular weight is 385 g/mol. The van der Waals surface area contributed by atoms with Crippen molar-refractivity contribution >= 4 is 15.9 Å². The first-order chi connectivity index (χ1) is 12.4. The number of halogens is 1.